The van der Waals surface area contributed by atoms with Gasteiger partial charge in [0.05, 0.1) is 44.3 Å². The van der Waals surface area contributed by atoms with E-state index in [1.54, 1.807) is 0 Å². The Morgan fingerprint density at radius 2 is 1.85 bits per heavy atom. The van der Waals surface area contributed by atoms with Crippen LogP contribution in [0.1, 0.15) is 18.9 Å². The molecule has 0 aromatic heterocycles. The van der Waals surface area contributed by atoms with Gasteiger partial charge in [-0.3, -0.25) is 4.48 Å². The molecule has 0 aliphatic carbocycles. The highest BCUT2D eigenvalue weighted by atomic mass is 35.5. The topological polar surface area (TPSA) is 51.8 Å². The molecule has 0 atom stereocenters. The van der Waals surface area contributed by atoms with Gasteiger partial charge in [-0.25, -0.2) is 0 Å². The highest BCUT2D eigenvalue weighted by Gasteiger charge is 2.14. The van der Waals surface area contributed by atoms with Crippen LogP contribution in [0.2, 0.25) is 5.02 Å². The molecule has 0 saturated carbocycles. The molecule has 0 saturated heterocycles. The van der Waals surface area contributed by atoms with E-state index in [0.717, 1.165) is 35.7 Å². The average molecular weight is 385 g/mol. The SMILES string of the molecule is CCN(CCC#N)c1ccc(N=Nc2cc([N+](C)(C)C)ccc2Cl)cc1C. The number of rotatable bonds is 7. The molecular weight excluding hydrogens is 358 g/mol. The van der Waals surface area contributed by atoms with E-state index < -0.39 is 0 Å². The van der Waals surface area contributed by atoms with E-state index in [1.165, 1.54) is 0 Å². The van der Waals surface area contributed by atoms with Crippen LogP contribution in [0.15, 0.2) is 46.6 Å². The van der Waals surface area contributed by atoms with Crippen molar-refractivity contribution in [1.29, 1.82) is 5.26 Å². The van der Waals surface area contributed by atoms with Crippen molar-refractivity contribution >= 4 is 34.4 Å². The van der Waals surface area contributed by atoms with Gasteiger partial charge in [-0.2, -0.15) is 10.4 Å². The molecule has 5 nitrogen and oxygen atoms in total. The van der Waals surface area contributed by atoms with Crippen LogP contribution in [-0.2, 0) is 0 Å². The summed E-state index contributed by atoms with van der Waals surface area (Å²) in [4.78, 5) is 2.20. The maximum atomic E-state index is 8.83. The van der Waals surface area contributed by atoms with Crippen LogP contribution < -0.4 is 9.38 Å². The van der Waals surface area contributed by atoms with Crippen LogP contribution in [0.25, 0.3) is 0 Å². The molecule has 142 valence electrons. The maximum Gasteiger partial charge on any atom is 0.134 e. The Bertz CT molecular complexity index is 862. The van der Waals surface area contributed by atoms with Crippen LogP contribution in [0, 0.1) is 18.3 Å². The summed E-state index contributed by atoms with van der Waals surface area (Å²) in [6.07, 6.45) is 0.510. The number of hydrogen-bond acceptors (Lipinski definition) is 4. The Labute approximate surface area is 167 Å². The normalized spacial score (nSPS) is 11.6. The molecule has 0 aliphatic rings. The van der Waals surface area contributed by atoms with Gasteiger partial charge in [-0.15, -0.1) is 5.11 Å². The van der Waals surface area contributed by atoms with Crippen molar-refractivity contribution in [2.24, 2.45) is 10.2 Å². The molecule has 0 heterocycles. The molecule has 0 spiro atoms. The van der Waals surface area contributed by atoms with E-state index in [9.17, 15) is 0 Å². The largest absolute Gasteiger partial charge is 0.371 e. The number of quaternary nitrogens is 1. The van der Waals surface area contributed by atoms with Crippen molar-refractivity contribution in [2.75, 3.05) is 39.1 Å². The zero-order valence-corrected chi connectivity index (χ0v) is 17.5. The van der Waals surface area contributed by atoms with E-state index in [1.807, 2.05) is 43.3 Å². The minimum atomic E-state index is 0.510. The van der Waals surface area contributed by atoms with Gasteiger partial charge in [-0.1, -0.05) is 11.6 Å². The average Bonchev–Trinajstić information content (AvgIpc) is 2.62. The summed E-state index contributed by atoms with van der Waals surface area (Å²) in [5.41, 5.74) is 4.78. The molecule has 6 heteroatoms. The quantitative estimate of drug-likeness (QED) is 0.434. The Balaban J connectivity index is 2.26. The first-order chi connectivity index (χ1) is 12.8. The summed E-state index contributed by atoms with van der Waals surface area (Å²) >= 11 is 6.28. The van der Waals surface area contributed by atoms with E-state index in [2.05, 4.69) is 49.3 Å². The lowest BCUT2D eigenvalue weighted by Crippen LogP contribution is -2.34. The number of hydrogen-bond donors (Lipinski definition) is 0. The first-order valence-electron chi connectivity index (χ1n) is 9.02. The van der Waals surface area contributed by atoms with Crippen molar-refractivity contribution in [3.63, 3.8) is 0 Å². The Hall–Kier alpha value is -2.42. The van der Waals surface area contributed by atoms with Crippen molar-refractivity contribution < 1.29 is 0 Å². The fraction of sp³-hybridized carbons (Fsp3) is 0.381. The Kier molecular flexibility index (Phi) is 6.95. The van der Waals surface area contributed by atoms with Crippen molar-refractivity contribution in [2.45, 2.75) is 20.3 Å². The van der Waals surface area contributed by atoms with E-state index in [4.69, 9.17) is 16.9 Å². The predicted octanol–water partition coefficient (Wildman–Crippen LogP) is 6.00. The summed E-state index contributed by atoms with van der Waals surface area (Å²) < 4.78 is 0.684. The van der Waals surface area contributed by atoms with Gasteiger partial charge >= 0.3 is 0 Å². The fourth-order valence-electron chi connectivity index (χ4n) is 2.80. The van der Waals surface area contributed by atoms with Crippen LogP contribution in [0.3, 0.4) is 0 Å². The standard InChI is InChI=1S/C21H27ClN5/c1-6-26(13-7-12-23)21-11-8-17(14-16(21)2)24-25-20-15-18(27(3,4)5)9-10-19(20)22/h8-11,14-15H,6-7,13H2,1-5H3/q+1. The predicted molar refractivity (Wildman–Crippen MR) is 114 cm³/mol. The lowest BCUT2D eigenvalue weighted by molar-refractivity contribution is 0.486. The van der Waals surface area contributed by atoms with Crippen molar-refractivity contribution in [1.82, 2.24) is 4.48 Å². The third-order valence-electron chi connectivity index (χ3n) is 4.37. The molecule has 0 N–H and O–H groups in total. The first kappa shape index (κ1) is 20.9. The van der Waals surface area contributed by atoms with Crippen LogP contribution in [0.4, 0.5) is 22.7 Å². The highest BCUT2D eigenvalue weighted by molar-refractivity contribution is 6.33. The molecular formula is C21H27ClN5+. The van der Waals surface area contributed by atoms with Crippen molar-refractivity contribution in [3.05, 3.63) is 47.0 Å². The van der Waals surface area contributed by atoms with Gasteiger partial charge in [0, 0.05) is 30.9 Å². The van der Waals surface area contributed by atoms with Gasteiger partial charge in [0.15, 0.2) is 0 Å². The van der Waals surface area contributed by atoms with Crippen LogP contribution in [0.5, 0.6) is 0 Å². The number of anilines is 1. The number of nitrogens with zero attached hydrogens (tertiary/aromatic N) is 5. The van der Waals surface area contributed by atoms with Crippen LogP contribution in [-0.4, -0.2) is 34.2 Å². The summed E-state index contributed by atoms with van der Waals surface area (Å²) in [5, 5.41) is 18.1. The fourth-order valence-corrected chi connectivity index (χ4v) is 2.95. The second-order valence-electron chi connectivity index (χ2n) is 7.31. The van der Waals surface area contributed by atoms with E-state index >= 15 is 0 Å². The third-order valence-corrected chi connectivity index (χ3v) is 4.69. The van der Waals surface area contributed by atoms with Gasteiger partial charge < -0.3 is 4.90 Å². The highest BCUT2D eigenvalue weighted by Crippen LogP contribution is 2.33. The van der Waals surface area contributed by atoms with Gasteiger partial charge in [0.25, 0.3) is 0 Å². The number of benzene rings is 2. The Morgan fingerprint density at radius 1 is 1.11 bits per heavy atom. The van der Waals surface area contributed by atoms with Gasteiger partial charge in [0.2, 0.25) is 0 Å². The van der Waals surface area contributed by atoms with Gasteiger partial charge in [-0.05, 0) is 43.7 Å². The molecule has 2 rings (SSSR count). The molecule has 0 unspecified atom stereocenters. The van der Waals surface area contributed by atoms with E-state index in [-0.39, 0.29) is 0 Å². The number of aryl methyl sites for hydroxylation is 1. The molecule has 0 amide bonds. The summed E-state index contributed by atoms with van der Waals surface area (Å²) in [5.74, 6) is 0. The second kappa shape index (κ2) is 8.98. The molecule has 2 aromatic carbocycles. The lowest BCUT2D eigenvalue weighted by atomic mass is 10.1. The molecule has 0 bridgehead atoms. The number of nitriles is 1. The monoisotopic (exact) mass is 384 g/mol. The molecule has 0 aliphatic heterocycles. The van der Waals surface area contributed by atoms with Crippen LogP contribution >= 0.6 is 11.6 Å². The number of azo groups is 1. The number of halogens is 1. The summed E-state index contributed by atoms with van der Waals surface area (Å²) in [7, 11) is 6.29. The minimum Gasteiger partial charge on any atom is -0.371 e. The molecule has 0 fully saturated rings. The first-order valence-corrected chi connectivity index (χ1v) is 9.40. The summed E-state index contributed by atoms with van der Waals surface area (Å²) in [6, 6.07) is 14.0. The maximum absolute atomic E-state index is 8.83. The molecule has 0 radical (unpaired) electrons. The smallest absolute Gasteiger partial charge is 0.134 e. The zero-order valence-electron chi connectivity index (χ0n) is 16.7. The minimum absolute atomic E-state index is 0.510. The Morgan fingerprint density at radius 3 is 2.44 bits per heavy atom. The second-order valence-corrected chi connectivity index (χ2v) is 7.71. The zero-order chi connectivity index (χ0) is 20.0. The van der Waals surface area contributed by atoms with Crippen molar-refractivity contribution in [3.8, 4) is 6.07 Å². The third kappa shape index (κ3) is 5.53. The lowest BCUT2D eigenvalue weighted by Gasteiger charge is -2.24. The van der Waals surface area contributed by atoms with E-state index in [0.29, 0.717) is 21.6 Å². The van der Waals surface area contributed by atoms with Gasteiger partial charge in [0.1, 0.15) is 11.4 Å². The summed E-state index contributed by atoms with van der Waals surface area (Å²) in [6.45, 7) is 5.72. The molecule has 27 heavy (non-hydrogen) atoms. The molecule has 2 aromatic rings.